The second-order valence-electron chi connectivity index (χ2n) is 2.63. The second kappa shape index (κ2) is 4.24. The lowest BCUT2D eigenvalue weighted by atomic mass is 10.1. The molecule has 6 heteroatoms. The van der Waals surface area contributed by atoms with Crippen molar-refractivity contribution in [2.75, 3.05) is 0 Å². The van der Waals surface area contributed by atoms with Gasteiger partial charge in [0, 0.05) is 10.1 Å². The first-order valence-corrected chi connectivity index (χ1v) is 5.07. The van der Waals surface area contributed by atoms with Crippen molar-refractivity contribution >= 4 is 34.2 Å². The summed E-state index contributed by atoms with van der Waals surface area (Å²) in [6.45, 7) is -0.151. The Bertz CT molecular complexity index is 351. The first kappa shape index (κ1) is 12.1. The smallest absolute Gasteiger partial charge is 0.326 e. The largest absolute Gasteiger partial charge is 0.416 e. The molecule has 0 aliphatic heterocycles. The van der Waals surface area contributed by atoms with E-state index in [0.29, 0.717) is 3.57 Å². The monoisotopic (exact) mass is 335 g/mol. The Morgan fingerprint density at radius 1 is 1.36 bits per heavy atom. The SMILES string of the molecule is NCc1cc(I)c(Cl)cc1C(F)(F)F. The zero-order valence-electron chi connectivity index (χ0n) is 6.83. The summed E-state index contributed by atoms with van der Waals surface area (Å²) < 4.78 is 37.9. The van der Waals surface area contributed by atoms with Crippen LogP contribution < -0.4 is 5.73 Å². The Morgan fingerprint density at radius 3 is 2.36 bits per heavy atom. The fourth-order valence-electron chi connectivity index (χ4n) is 1.02. The summed E-state index contributed by atoms with van der Waals surface area (Å²) in [6.07, 6.45) is -4.40. The van der Waals surface area contributed by atoms with E-state index in [1.165, 1.54) is 6.07 Å². The van der Waals surface area contributed by atoms with Gasteiger partial charge >= 0.3 is 6.18 Å². The highest BCUT2D eigenvalue weighted by atomic mass is 127. The summed E-state index contributed by atoms with van der Waals surface area (Å²) >= 11 is 7.46. The van der Waals surface area contributed by atoms with Crippen LogP contribution in [0.5, 0.6) is 0 Å². The molecule has 2 N–H and O–H groups in total. The maximum atomic E-state index is 12.4. The molecular weight excluding hydrogens is 329 g/mol. The summed E-state index contributed by atoms with van der Waals surface area (Å²) in [7, 11) is 0. The fraction of sp³-hybridized carbons (Fsp3) is 0.250. The predicted molar refractivity (Wildman–Crippen MR) is 57.1 cm³/mol. The zero-order chi connectivity index (χ0) is 10.9. The van der Waals surface area contributed by atoms with Crippen molar-refractivity contribution in [3.63, 3.8) is 0 Å². The molecule has 0 aliphatic carbocycles. The van der Waals surface area contributed by atoms with E-state index in [4.69, 9.17) is 17.3 Å². The zero-order valence-corrected chi connectivity index (χ0v) is 9.74. The number of benzene rings is 1. The van der Waals surface area contributed by atoms with Crippen LogP contribution >= 0.6 is 34.2 Å². The van der Waals surface area contributed by atoms with Gasteiger partial charge in [-0.25, -0.2) is 0 Å². The number of rotatable bonds is 1. The molecule has 0 saturated heterocycles. The molecule has 0 saturated carbocycles. The predicted octanol–water partition coefficient (Wildman–Crippen LogP) is 3.42. The van der Waals surface area contributed by atoms with Gasteiger partial charge in [0.2, 0.25) is 0 Å². The molecule has 1 rings (SSSR count). The first-order chi connectivity index (χ1) is 6.36. The van der Waals surface area contributed by atoms with Crippen LogP contribution in [0.4, 0.5) is 13.2 Å². The minimum absolute atomic E-state index is 0.0614. The molecule has 0 unspecified atom stereocenters. The molecule has 0 bridgehead atoms. The molecular formula is C8H6ClF3IN. The van der Waals surface area contributed by atoms with Crippen molar-refractivity contribution < 1.29 is 13.2 Å². The Labute approximate surface area is 97.6 Å². The number of nitrogens with two attached hydrogens (primary N) is 1. The number of hydrogen-bond acceptors (Lipinski definition) is 1. The van der Waals surface area contributed by atoms with Crippen molar-refractivity contribution in [2.24, 2.45) is 5.73 Å². The minimum Gasteiger partial charge on any atom is -0.326 e. The average Bonchev–Trinajstić information content (AvgIpc) is 2.07. The van der Waals surface area contributed by atoms with E-state index in [-0.39, 0.29) is 17.1 Å². The normalized spacial score (nSPS) is 11.9. The third-order valence-corrected chi connectivity index (χ3v) is 3.20. The Hall–Kier alpha value is -0.0100. The van der Waals surface area contributed by atoms with Crippen LogP contribution in [0.3, 0.4) is 0 Å². The Morgan fingerprint density at radius 2 is 1.93 bits per heavy atom. The summed E-state index contributed by atoms with van der Waals surface area (Å²) in [6, 6.07) is 2.26. The lowest BCUT2D eigenvalue weighted by Crippen LogP contribution is -2.12. The van der Waals surface area contributed by atoms with Crippen LogP contribution in [-0.4, -0.2) is 0 Å². The first-order valence-electron chi connectivity index (χ1n) is 3.61. The third-order valence-electron chi connectivity index (χ3n) is 1.67. The lowest BCUT2D eigenvalue weighted by Gasteiger charge is -2.12. The van der Waals surface area contributed by atoms with Crippen LogP contribution in [0, 0.1) is 3.57 Å². The van der Waals surface area contributed by atoms with Crippen LogP contribution in [0.15, 0.2) is 12.1 Å². The van der Waals surface area contributed by atoms with Gasteiger partial charge in [0.15, 0.2) is 0 Å². The minimum atomic E-state index is -4.40. The molecule has 0 fully saturated rings. The van der Waals surface area contributed by atoms with E-state index < -0.39 is 11.7 Å². The molecule has 78 valence electrons. The van der Waals surface area contributed by atoms with Crippen LogP contribution in [0.1, 0.15) is 11.1 Å². The lowest BCUT2D eigenvalue weighted by molar-refractivity contribution is -0.138. The number of hydrogen-bond donors (Lipinski definition) is 1. The quantitative estimate of drug-likeness (QED) is 0.782. The summed E-state index contributed by atoms with van der Waals surface area (Å²) in [5, 5.41) is 0.0927. The van der Waals surface area contributed by atoms with E-state index in [0.717, 1.165) is 6.07 Å². The van der Waals surface area contributed by atoms with Crippen LogP contribution in [0.2, 0.25) is 5.02 Å². The van der Waals surface area contributed by atoms with Gasteiger partial charge in [-0.05, 0) is 40.3 Å². The Kier molecular flexibility index (Phi) is 3.65. The molecule has 0 amide bonds. The standard InChI is InChI=1S/C8H6ClF3IN/c9-6-2-5(8(10,11)12)4(3-14)1-7(6)13/h1-2H,3,14H2. The summed E-state index contributed by atoms with van der Waals surface area (Å²) in [4.78, 5) is 0. The fourth-order valence-corrected chi connectivity index (χ4v) is 1.72. The van der Waals surface area contributed by atoms with E-state index >= 15 is 0 Å². The molecule has 1 aromatic rings. The molecule has 0 atom stereocenters. The highest BCUT2D eigenvalue weighted by Crippen LogP contribution is 2.35. The van der Waals surface area contributed by atoms with Crippen molar-refractivity contribution in [1.29, 1.82) is 0 Å². The van der Waals surface area contributed by atoms with Gasteiger partial charge in [-0.15, -0.1) is 0 Å². The van der Waals surface area contributed by atoms with Crippen LogP contribution in [0.25, 0.3) is 0 Å². The van der Waals surface area contributed by atoms with Gasteiger partial charge in [0.25, 0.3) is 0 Å². The van der Waals surface area contributed by atoms with Crippen molar-refractivity contribution in [3.05, 3.63) is 31.9 Å². The molecule has 1 nitrogen and oxygen atoms in total. The van der Waals surface area contributed by atoms with Crippen molar-refractivity contribution in [2.45, 2.75) is 12.7 Å². The molecule has 0 radical (unpaired) electrons. The van der Waals surface area contributed by atoms with Gasteiger partial charge in [-0.3, -0.25) is 0 Å². The third kappa shape index (κ3) is 2.52. The van der Waals surface area contributed by atoms with Gasteiger partial charge in [-0.1, -0.05) is 11.6 Å². The van der Waals surface area contributed by atoms with E-state index in [1.807, 2.05) is 22.6 Å². The molecule has 14 heavy (non-hydrogen) atoms. The van der Waals surface area contributed by atoms with E-state index in [9.17, 15) is 13.2 Å². The second-order valence-corrected chi connectivity index (χ2v) is 4.19. The molecule has 0 spiro atoms. The van der Waals surface area contributed by atoms with Gasteiger partial charge in [-0.2, -0.15) is 13.2 Å². The average molecular weight is 335 g/mol. The van der Waals surface area contributed by atoms with Crippen LogP contribution in [-0.2, 0) is 12.7 Å². The van der Waals surface area contributed by atoms with E-state index in [1.54, 1.807) is 0 Å². The van der Waals surface area contributed by atoms with Gasteiger partial charge in [0.05, 0.1) is 10.6 Å². The maximum Gasteiger partial charge on any atom is 0.416 e. The molecule has 0 heterocycles. The molecule has 0 aliphatic rings. The summed E-state index contributed by atoms with van der Waals surface area (Å²) in [5.41, 5.74) is 4.52. The topological polar surface area (TPSA) is 26.0 Å². The maximum absolute atomic E-state index is 12.4. The number of halogens is 5. The van der Waals surface area contributed by atoms with Gasteiger partial charge in [0.1, 0.15) is 0 Å². The Balaban J connectivity index is 3.35. The highest BCUT2D eigenvalue weighted by Gasteiger charge is 2.33. The molecule has 0 aromatic heterocycles. The number of alkyl halides is 3. The van der Waals surface area contributed by atoms with Crippen molar-refractivity contribution in [1.82, 2.24) is 0 Å². The van der Waals surface area contributed by atoms with Crippen molar-refractivity contribution in [3.8, 4) is 0 Å². The molecule has 1 aromatic carbocycles. The summed E-state index contributed by atoms with van der Waals surface area (Å²) in [5.74, 6) is 0. The van der Waals surface area contributed by atoms with Gasteiger partial charge < -0.3 is 5.73 Å². The highest BCUT2D eigenvalue weighted by molar-refractivity contribution is 14.1. The van der Waals surface area contributed by atoms with E-state index in [2.05, 4.69) is 0 Å².